The van der Waals surface area contributed by atoms with Crippen molar-refractivity contribution in [1.82, 2.24) is 4.90 Å². The van der Waals surface area contributed by atoms with Crippen molar-refractivity contribution in [1.29, 1.82) is 0 Å². The van der Waals surface area contributed by atoms with Crippen LogP contribution in [0.1, 0.15) is 139 Å². The monoisotopic (exact) mass is 948 g/mol. The van der Waals surface area contributed by atoms with Crippen LogP contribution in [0.4, 0.5) is 0 Å². The maximum atomic E-state index is 14.5. The predicted octanol–water partition coefficient (Wildman–Crippen LogP) is 8.70. The first-order valence-electron chi connectivity index (χ1n) is 24.7. The number of amides is 1. The van der Waals surface area contributed by atoms with Crippen LogP contribution in [0.25, 0.3) is 0 Å². The smallest absolute Gasteiger partial charge is 0.329 e. The van der Waals surface area contributed by atoms with Crippen LogP contribution < -0.4 is 0 Å². The van der Waals surface area contributed by atoms with E-state index >= 15 is 0 Å². The lowest BCUT2D eigenvalue weighted by molar-refractivity contribution is -0.163. The number of hydrogen-bond acceptors (Lipinski definition) is 12. The normalized spacial score (nSPS) is 35.9. The predicted molar refractivity (Wildman–Crippen MR) is 260 cm³/mol. The van der Waals surface area contributed by atoms with E-state index in [2.05, 4.69) is 46.9 Å². The largest absolute Gasteiger partial charge is 0.491 e. The number of nitrogens with zero attached hydrogens (tertiary/aromatic N) is 1. The lowest BCUT2D eigenvalue weighted by Gasteiger charge is -2.43. The summed E-state index contributed by atoms with van der Waals surface area (Å²) in [6, 6.07) is -0.970. The van der Waals surface area contributed by atoms with Crippen LogP contribution in [0.2, 0.25) is 18.1 Å². The number of cyclic esters (lactones) is 1. The van der Waals surface area contributed by atoms with Crippen LogP contribution in [0.5, 0.6) is 0 Å². The molecule has 2 heterocycles. The van der Waals surface area contributed by atoms with Gasteiger partial charge < -0.3 is 43.2 Å². The Morgan fingerprint density at radius 1 is 0.864 bits per heavy atom. The van der Waals surface area contributed by atoms with Gasteiger partial charge in [0.15, 0.2) is 19.9 Å². The molecule has 1 saturated carbocycles. The van der Waals surface area contributed by atoms with Gasteiger partial charge in [0.05, 0.1) is 43.7 Å². The summed E-state index contributed by atoms with van der Waals surface area (Å²) in [5.41, 5.74) is 1.78. The summed E-state index contributed by atoms with van der Waals surface area (Å²) in [5.74, 6) is -3.38. The molecule has 13 nitrogen and oxygen atoms in total. The number of methoxy groups -OCH3 is 4. The van der Waals surface area contributed by atoms with Crippen molar-refractivity contribution in [3.05, 3.63) is 35.1 Å². The Hall–Kier alpha value is -2.72. The summed E-state index contributed by atoms with van der Waals surface area (Å²) in [4.78, 5) is 57.9. The lowest BCUT2D eigenvalue weighted by Crippen LogP contribution is -2.51. The van der Waals surface area contributed by atoms with Gasteiger partial charge in [-0.3, -0.25) is 14.4 Å². The second kappa shape index (κ2) is 26.3. The molecule has 0 aromatic carbocycles. The van der Waals surface area contributed by atoms with Gasteiger partial charge in [-0.1, -0.05) is 66.2 Å². The molecule has 0 radical (unpaired) electrons. The third-order valence-corrected chi connectivity index (χ3v) is 19.6. The number of allylic oxidation sites excluding steroid dienone is 4. The minimum absolute atomic E-state index is 0.0354. The van der Waals surface area contributed by atoms with E-state index in [9.17, 15) is 29.4 Å². The number of ketones is 2. The van der Waals surface area contributed by atoms with Gasteiger partial charge in [0.1, 0.15) is 17.9 Å². The number of carbonyl (C=O) groups excluding carboxylic acids is 4. The Balaban J connectivity index is 2.07. The molecule has 0 bridgehead atoms. The highest BCUT2D eigenvalue weighted by Crippen LogP contribution is 2.41. The average molecular weight is 948 g/mol. The zero-order valence-corrected chi connectivity index (χ0v) is 44.4. The molecule has 1 aliphatic carbocycles. The molecule has 378 valence electrons. The number of fused-ring (bicyclic) bond motifs is 1. The van der Waals surface area contributed by atoms with Crippen LogP contribution in [0.15, 0.2) is 35.1 Å². The molecular weight excluding hydrogens is 859 g/mol. The molecule has 0 aromatic heterocycles. The van der Waals surface area contributed by atoms with Crippen LogP contribution in [-0.2, 0) is 47.3 Å². The molecule has 1 amide bonds. The molecule has 13 atom stereocenters. The van der Waals surface area contributed by atoms with E-state index in [1.54, 1.807) is 28.3 Å². The van der Waals surface area contributed by atoms with E-state index in [0.717, 1.165) is 24.0 Å². The highest BCUT2D eigenvalue weighted by molar-refractivity contribution is 6.74. The molecule has 2 unspecified atom stereocenters. The minimum Gasteiger partial charge on any atom is -0.491 e. The molecule has 3 rings (SSSR count). The van der Waals surface area contributed by atoms with Gasteiger partial charge in [0.25, 0.3) is 5.91 Å². The second-order valence-corrected chi connectivity index (χ2v) is 26.2. The minimum atomic E-state index is -2.06. The van der Waals surface area contributed by atoms with E-state index in [0.29, 0.717) is 44.9 Å². The van der Waals surface area contributed by atoms with Crippen LogP contribution in [0, 0.1) is 29.6 Å². The van der Waals surface area contributed by atoms with Gasteiger partial charge in [0.2, 0.25) is 0 Å². The first-order valence-corrected chi connectivity index (χ1v) is 27.6. The first kappa shape index (κ1) is 57.6. The van der Waals surface area contributed by atoms with Crippen molar-refractivity contribution in [2.75, 3.05) is 35.0 Å². The van der Waals surface area contributed by atoms with Crippen molar-refractivity contribution in [2.24, 2.45) is 29.6 Å². The van der Waals surface area contributed by atoms with Gasteiger partial charge in [-0.05, 0) is 114 Å². The molecular formula is C52H89NO12Si. The van der Waals surface area contributed by atoms with Crippen molar-refractivity contribution in [2.45, 2.75) is 206 Å². The van der Waals surface area contributed by atoms with Crippen molar-refractivity contribution in [3.63, 3.8) is 0 Å². The number of ether oxygens (including phenoxy) is 5. The number of aliphatic hydroxyl groups excluding tert-OH is 2. The van der Waals surface area contributed by atoms with Crippen molar-refractivity contribution >= 4 is 31.8 Å². The quantitative estimate of drug-likeness (QED) is 0.128. The maximum Gasteiger partial charge on any atom is 0.329 e. The lowest BCUT2D eigenvalue weighted by atomic mass is 9.81. The fourth-order valence-corrected chi connectivity index (χ4v) is 11.2. The van der Waals surface area contributed by atoms with E-state index < -0.39 is 74.5 Å². The number of esters is 1. The topological polar surface area (TPSA) is 167 Å². The Morgan fingerprint density at radius 3 is 2.12 bits per heavy atom. The SMILES string of the molecule is CC[C@@H]1/C=C(\C)C[C@H](C)C[C@H](OC)[C@H](O)CC(OC)C[C@@H](C)C(=O)/C=C(\OC)C(=O)N2CCCC[C@H]2C(=O)OC(/C(C)=C/[C@@H]2CC[C@@H](O[Si](C)(C)C(C)(C)C)[C@H](OC)C2)[C@H](C)[C@@H](O)CC1=O. The third-order valence-electron chi connectivity index (χ3n) is 15.1. The Bertz CT molecular complexity index is 1690. The van der Waals surface area contributed by atoms with Crippen LogP contribution in [-0.4, -0.2) is 131 Å². The molecule has 2 aliphatic heterocycles. The Morgan fingerprint density at radius 2 is 1.53 bits per heavy atom. The molecule has 3 aliphatic rings. The van der Waals surface area contributed by atoms with Crippen LogP contribution in [0.3, 0.4) is 0 Å². The summed E-state index contributed by atoms with van der Waals surface area (Å²) in [7, 11) is 4.10. The Kier molecular flexibility index (Phi) is 23.0. The zero-order chi connectivity index (χ0) is 49.7. The fraction of sp³-hybridized carbons (Fsp3) is 0.808. The average Bonchev–Trinajstić information content (AvgIpc) is 3.26. The van der Waals surface area contributed by atoms with Gasteiger partial charge in [-0.2, -0.15) is 0 Å². The number of rotatable bonds is 9. The summed E-state index contributed by atoms with van der Waals surface area (Å²) in [6.45, 7) is 23.0. The summed E-state index contributed by atoms with van der Waals surface area (Å²) in [6.07, 6.45) is 7.42. The highest BCUT2D eigenvalue weighted by Gasteiger charge is 2.43. The molecule has 0 spiro atoms. The molecule has 2 N–H and O–H groups in total. The number of aliphatic hydroxyl groups is 2. The fourth-order valence-electron chi connectivity index (χ4n) is 9.80. The summed E-state index contributed by atoms with van der Waals surface area (Å²) in [5, 5.41) is 23.3. The summed E-state index contributed by atoms with van der Waals surface area (Å²) >= 11 is 0. The van der Waals surface area contributed by atoms with Gasteiger partial charge in [-0.15, -0.1) is 0 Å². The maximum absolute atomic E-state index is 14.5. The van der Waals surface area contributed by atoms with E-state index in [1.807, 2.05) is 33.8 Å². The van der Waals surface area contributed by atoms with Crippen LogP contribution >= 0.6 is 0 Å². The first-order chi connectivity index (χ1) is 30.9. The van der Waals surface area contributed by atoms with E-state index in [-0.39, 0.29) is 72.2 Å². The van der Waals surface area contributed by atoms with Gasteiger partial charge >= 0.3 is 5.97 Å². The second-order valence-electron chi connectivity index (χ2n) is 21.4. The molecule has 2 fully saturated rings. The van der Waals surface area contributed by atoms with Gasteiger partial charge in [-0.25, -0.2) is 4.79 Å². The van der Waals surface area contributed by atoms with Gasteiger partial charge in [0, 0.05) is 64.5 Å². The molecule has 0 aromatic rings. The third kappa shape index (κ3) is 16.2. The molecule has 1 saturated heterocycles. The standard InChI is InChI=1S/C52H89NO12Si/c1-16-38-24-32(2)23-33(3)25-46(61-11)44(57)29-39(60-10)27-34(4)41(54)31-48(63-13)50(58)53-22-18-17-19-40(53)51(59)64-49(36(6)42(55)30-43(38)56)35(5)26-37-20-21-45(47(28-37)62-12)65-66(14,15)52(7,8)9/h24,26,31,33-34,36-40,42,44-47,49,55,57H,16-23,25,27-30H2,1-15H3/b32-24+,35-26+,48-31-/t33-,34+,36+,37-,38+,39?,40-,42-,44+,45+,46-,47+,49?/m0/s1. The van der Waals surface area contributed by atoms with Crippen molar-refractivity contribution in [3.8, 4) is 0 Å². The van der Waals surface area contributed by atoms with E-state index in [4.69, 9.17) is 28.1 Å². The number of carbonyl (C=O) groups is 4. The highest BCUT2D eigenvalue weighted by atomic mass is 28.4. The Labute approximate surface area is 398 Å². The number of piperidine rings is 1. The number of hydrogen-bond donors (Lipinski definition) is 2. The molecule has 66 heavy (non-hydrogen) atoms. The number of Topliss-reactive ketones (excluding diaryl/α,β-unsaturated/α-hetero) is 1. The molecule has 14 heteroatoms. The van der Waals surface area contributed by atoms with E-state index in [1.165, 1.54) is 18.1 Å². The van der Waals surface area contributed by atoms with Crippen molar-refractivity contribution < 1.29 is 57.5 Å². The zero-order valence-electron chi connectivity index (χ0n) is 43.4. The summed E-state index contributed by atoms with van der Waals surface area (Å²) < 4.78 is 36.4.